The van der Waals surface area contributed by atoms with Gasteiger partial charge in [0, 0.05) is 17.6 Å². The number of aromatic nitrogens is 3. The topological polar surface area (TPSA) is 63.8 Å². The zero-order chi connectivity index (χ0) is 13.1. The molecular formula is C14H12N4O. The van der Waals surface area contributed by atoms with Gasteiger partial charge in [-0.3, -0.25) is 4.98 Å². The Morgan fingerprint density at radius 2 is 1.84 bits per heavy atom. The molecule has 3 aromatic rings. The number of nitrogens with zero attached hydrogens (tertiary/aromatic N) is 3. The zero-order valence-corrected chi connectivity index (χ0v) is 10.4. The number of aryl methyl sites for hydroxylation is 1. The summed E-state index contributed by atoms with van der Waals surface area (Å²) < 4.78 is 5.58. The molecule has 0 amide bonds. The molecule has 3 rings (SSSR count). The van der Waals surface area contributed by atoms with Crippen molar-refractivity contribution in [1.82, 2.24) is 15.2 Å². The molecule has 0 radical (unpaired) electrons. The highest BCUT2D eigenvalue weighted by Gasteiger charge is 2.10. The van der Waals surface area contributed by atoms with Crippen molar-refractivity contribution < 1.29 is 4.42 Å². The van der Waals surface area contributed by atoms with E-state index in [1.807, 2.05) is 49.4 Å². The molecule has 19 heavy (non-hydrogen) atoms. The second-order valence-corrected chi connectivity index (χ2v) is 4.04. The Morgan fingerprint density at radius 1 is 1.00 bits per heavy atom. The largest absolute Gasteiger partial charge is 0.403 e. The van der Waals surface area contributed by atoms with Crippen molar-refractivity contribution in [2.75, 3.05) is 5.32 Å². The van der Waals surface area contributed by atoms with Crippen molar-refractivity contribution >= 4 is 11.7 Å². The van der Waals surface area contributed by atoms with E-state index in [4.69, 9.17) is 4.42 Å². The van der Waals surface area contributed by atoms with Gasteiger partial charge in [0.2, 0.25) is 0 Å². The summed E-state index contributed by atoms with van der Waals surface area (Å²) in [6.45, 7) is 1.91. The molecule has 0 fully saturated rings. The number of rotatable bonds is 3. The Bertz CT molecular complexity index is 679. The summed E-state index contributed by atoms with van der Waals surface area (Å²) in [6.07, 6.45) is 1.73. The van der Waals surface area contributed by atoms with Gasteiger partial charge in [0.25, 0.3) is 5.89 Å². The standard InChI is InChI=1S/C14H12N4O/c1-10-12(8-5-9-15-10)13-17-18-14(19-13)16-11-6-3-2-4-7-11/h2-9H,1H3,(H,16,18). The van der Waals surface area contributed by atoms with Crippen molar-refractivity contribution in [3.05, 3.63) is 54.4 Å². The van der Waals surface area contributed by atoms with Crippen LogP contribution in [0.4, 0.5) is 11.7 Å². The Labute approximate surface area is 110 Å². The summed E-state index contributed by atoms with van der Waals surface area (Å²) in [5.41, 5.74) is 2.61. The van der Waals surface area contributed by atoms with Crippen LogP contribution in [0.25, 0.3) is 11.5 Å². The molecule has 2 aromatic heterocycles. The molecule has 1 aromatic carbocycles. The van der Waals surface area contributed by atoms with Gasteiger partial charge in [0.15, 0.2) is 0 Å². The van der Waals surface area contributed by atoms with Crippen molar-refractivity contribution in [3.8, 4) is 11.5 Å². The molecular weight excluding hydrogens is 240 g/mol. The fraction of sp³-hybridized carbons (Fsp3) is 0.0714. The summed E-state index contributed by atoms with van der Waals surface area (Å²) in [6, 6.07) is 13.8. The molecule has 94 valence electrons. The van der Waals surface area contributed by atoms with Gasteiger partial charge in [-0.05, 0) is 31.2 Å². The van der Waals surface area contributed by atoms with E-state index in [1.54, 1.807) is 6.20 Å². The third kappa shape index (κ3) is 2.44. The lowest BCUT2D eigenvalue weighted by Crippen LogP contribution is -1.88. The molecule has 0 saturated heterocycles. The first-order chi connectivity index (χ1) is 9.33. The monoisotopic (exact) mass is 252 g/mol. The van der Waals surface area contributed by atoms with Crippen molar-refractivity contribution in [1.29, 1.82) is 0 Å². The number of hydrogen-bond donors (Lipinski definition) is 1. The summed E-state index contributed by atoms with van der Waals surface area (Å²) in [5.74, 6) is 0.462. The maximum atomic E-state index is 5.58. The van der Waals surface area contributed by atoms with E-state index in [9.17, 15) is 0 Å². The van der Waals surface area contributed by atoms with Crippen LogP contribution in [0.2, 0.25) is 0 Å². The Hall–Kier alpha value is -2.69. The summed E-state index contributed by atoms with van der Waals surface area (Å²) >= 11 is 0. The second kappa shape index (κ2) is 4.89. The van der Waals surface area contributed by atoms with Crippen LogP contribution in [-0.2, 0) is 0 Å². The fourth-order valence-corrected chi connectivity index (χ4v) is 1.74. The van der Waals surface area contributed by atoms with Crippen molar-refractivity contribution in [2.24, 2.45) is 0 Å². The lowest BCUT2D eigenvalue weighted by molar-refractivity contribution is 0.587. The highest BCUT2D eigenvalue weighted by Crippen LogP contribution is 2.23. The average Bonchev–Trinajstić information content (AvgIpc) is 2.89. The van der Waals surface area contributed by atoms with Gasteiger partial charge in [-0.25, -0.2) is 0 Å². The van der Waals surface area contributed by atoms with Gasteiger partial charge in [-0.2, -0.15) is 0 Å². The van der Waals surface area contributed by atoms with E-state index in [-0.39, 0.29) is 0 Å². The lowest BCUT2D eigenvalue weighted by Gasteiger charge is -2.00. The first kappa shape index (κ1) is 11.4. The predicted octanol–water partition coefficient (Wildman–Crippen LogP) is 3.18. The number of hydrogen-bond acceptors (Lipinski definition) is 5. The summed E-state index contributed by atoms with van der Waals surface area (Å²) in [5, 5.41) is 11.1. The maximum Gasteiger partial charge on any atom is 0.320 e. The molecule has 0 aliphatic carbocycles. The van der Waals surface area contributed by atoms with E-state index >= 15 is 0 Å². The zero-order valence-electron chi connectivity index (χ0n) is 10.4. The molecule has 0 atom stereocenters. The third-order valence-corrected chi connectivity index (χ3v) is 2.69. The van der Waals surface area contributed by atoms with Crippen molar-refractivity contribution in [3.63, 3.8) is 0 Å². The van der Waals surface area contributed by atoms with Crippen LogP contribution >= 0.6 is 0 Å². The first-order valence-corrected chi connectivity index (χ1v) is 5.90. The molecule has 0 bridgehead atoms. The third-order valence-electron chi connectivity index (χ3n) is 2.69. The van der Waals surface area contributed by atoms with Crippen LogP contribution in [0.15, 0.2) is 53.1 Å². The first-order valence-electron chi connectivity index (χ1n) is 5.90. The van der Waals surface area contributed by atoms with Crippen LogP contribution in [0.3, 0.4) is 0 Å². The summed E-state index contributed by atoms with van der Waals surface area (Å²) in [4.78, 5) is 4.20. The van der Waals surface area contributed by atoms with Gasteiger partial charge < -0.3 is 9.73 Å². The van der Waals surface area contributed by atoms with Crippen LogP contribution in [0, 0.1) is 6.92 Å². The van der Waals surface area contributed by atoms with Crippen molar-refractivity contribution in [2.45, 2.75) is 6.92 Å². The molecule has 0 aliphatic heterocycles. The second-order valence-electron chi connectivity index (χ2n) is 4.04. The smallest absolute Gasteiger partial charge is 0.320 e. The van der Waals surface area contributed by atoms with E-state index in [0.29, 0.717) is 11.9 Å². The minimum atomic E-state index is 0.365. The molecule has 0 saturated carbocycles. The minimum absolute atomic E-state index is 0.365. The normalized spacial score (nSPS) is 10.4. The molecule has 0 spiro atoms. The van der Waals surface area contributed by atoms with E-state index in [1.165, 1.54) is 0 Å². The van der Waals surface area contributed by atoms with Crippen LogP contribution in [-0.4, -0.2) is 15.2 Å². The molecule has 0 aliphatic rings. The highest BCUT2D eigenvalue weighted by molar-refractivity contribution is 5.57. The van der Waals surface area contributed by atoms with E-state index in [2.05, 4.69) is 20.5 Å². The van der Waals surface area contributed by atoms with Crippen LogP contribution in [0.1, 0.15) is 5.69 Å². The van der Waals surface area contributed by atoms with Gasteiger partial charge in [0.05, 0.1) is 5.56 Å². The predicted molar refractivity (Wildman–Crippen MR) is 72.0 cm³/mol. The SMILES string of the molecule is Cc1ncccc1-c1nnc(Nc2ccccc2)o1. The number of para-hydroxylation sites is 1. The highest BCUT2D eigenvalue weighted by atomic mass is 16.4. The Balaban J connectivity index is 1.86. The quantitative estimate of drug-likeness (QED) is 0.775. The van der Waals surface area contributed by atoms with Crippen LogP contribution < -0.4 is 5.32 Å². The molecule has 5 nitrogen and oxygen atoms in total. The average molecular weight is 252 g/mol. The molecule has 1 N–H and O–H groups in total. The maximum absolute atomic E-state index is 5.58. The minimum Gasteiger partial charge on any atom is -0.403 e. The van der Waals surface area contributed by atoms with Gasteiger partial charge in [-0.1, -0.05) is 23.3 Å². The Morgan fingerprint density at radius 3 is 2.63 bits per heavy atom. The number of nitrogens with one attached hydrogen (secondary N) is 1. The number of anilines is 2. The van der Waals surface area contributed by atoms with E-state index in [0.717, 1.165) is 16.9 Å². The number of pyridine rings is 1. The summed E-state index contributed by atoms with van der Waals surface area (Å²) in [7, 11) is 0. The Kier molecular flexibility index (Phi) is 2.94. The number of benzene rings is 1. The van der Waals surface area contributed by atoms with E-state index < -0.39 is 0 Å². The van der Waals surface area contributed by atoms with Gasteiger partial charge in [-0.15, -0.1) is 5.10 Å². The molecule has 0 unspecified atom stereocenters. The fourth-order valence-electron chi connectivity index (χ4n) is 1.74. The molecule has 2 heterocycles. The van der Waals surface area contributed by atoms with Crippen LogP contribution in [0.5, 0.6) is 0 Å². The lowest BCUT2D eigenvalue weighted by atomic mass is 10.2. The van der Waals surface area contributed by atoms with Gasteiger partial charge in [0.1, 0.15) is 0 Å². The van der Waals surface area contributed by atoms with Gasteiger partial charge >= 0.3 is 6.01 Å². The molecule has 5 heteroatoms.